The maximum absolute atomic E-state index is 5.60. The summed E-state index contributed by atoms with van der Waals surface area (Å²) in [7, 11) is 1.74. The second-order valence-electron chi connectivity index (χ2n) is 6.57. The Balaban J connectivity index is 1.66. The molecule has 0 spiro atoms. The van der Waals surface area contributed by atoms with Gasteiger partial charge in [0.25, 0.3) is 0 Å². The lowest BCUT2D eigenvalue weighted by Gasteiger charge is -2.36. The van der Waals surface area contributed by atoms with Crippen molar-refractivity contribution in [1.29, 1.82) is 0 Å². The molecule has 1 N–H and O–H groups in total. The van der Waals surface area contributed by atoms with Crippen molar-refractivity contribution in [2.75, 3.05) is 26.7 Å². The number of piperazine rings is 1. The number of benzene rings is 1. The zero-order chi connectivity index (χ0) is 17.2. The first-order valence-electron chi connectivity index (χ1n) is 8.77. The Morgan fingerprint density at radius 2 is 2.12 bits per heavy atom. The fourth-order valence-electron chi connectivity index (χ4n) is 3.71. The van der Waals surface area contributed by atoms with Gasteiger partial charge >= 0.3 is 0 Å². The molecule has 0 amide bonds. The Morgan fingerprint density at radius 1 is 1.24 bits per heavy atom. The van der Waals surface area contributed by atoms with Crippen LogP contribution >= 0.6 is 0 Å². The second kappa shape index (κ2) is 6.86. The highest BCUT2D eigenvalue weighted by Gasteiger charge is 2.26. The van der Waals surface area contributed by atoms with Crippen LogP contribution in [-0.2, 0) is 6.54 Å². The largest absolute Gasteiger partial charge is 0.496 e. The molecular formula is C20H24N4O. The molecule has 2 aromatic heterocycles. The van der Waals surface area contributed by atoms with E-state index in [-0.39, 0.29) is 0 Å². The van der Waals surface area contributed by atoms with Crippen LogP contribution in [0.4, 0.5) is 0 Å². The van der Waals surface area contributed by atoms with Crippen molar-refractivity contribution in [2.45, 2.75) is 19.5 Å². The fourth-order valence-corrected chi connectivity index (χ4v) is 3.71. The average molecular weight is 336 g/mol. The number of hydrogen-bond donors (Lipinski definition) is 1. The molecule has 0 aliphatic carbocycles. The molecule has 1 atom stereocenters. The minimum atomic E-state index is 0.292. The summed E-state index contributed by atoms with van der Waals surface area (Å²) in [5, 5.41) is 3.52. The first-order chi connectivity index (χ1) is 12.3. The quantitative estimate of drug-likeness (QED) is 0.795. The Morgan fingerprint density at radius 3 is 3.00 bits per heavy atom. The Kier molecular flexibility index (Phi) is 4.42. The van der Waals surface area contributed by atoms with Crippen molar-refractivity contribution in [3.8, 4) is 5.75 Å². The molecule has 3 aromatic rings. The van der Waals surface area contributed by atoms with Gasteiger partial charge in [0.2, 0.25) is 0 Å². The highest BCUT2D eigenvalue weighted by Crippen LogP contribution is 2.31. The highest BCUT2D eigenvalue weighted by molar-refractivity contribution is 5.48. The fraction of sp³-hybridized carbons (Fsp3) is 0.350. The summed E-state index contributed by atoms with van der Waals surface area (Å²) in [5.74, 6) is 0.954. The molecule has 1 aliphatic rings. The van der Waals surface area contributed by atoms with Gasteiger partial charge in [-0.3, -0.25) is 4.90 Å². The Hall–Kier alpha value is -2.37. The third kappa shape index (κ3) is 3.01. The Labute approximate surface area is 148 Å². The van der Waals surface area contributed by atoms with E-state index in [4.69, 9.17) is 4.74 Å². The minimum Gasteiger partial charge on any atom is -0.496 e. The summed E-state index contributed by atoms with van der Waals surface area (Å²) < 4.78 is 7.80. The number of fused-ring (bicyclic) bond motifs is 1. The van der Waals surface area contributed by atoms with Gasteiger partial charge in [-0.25, -0.2) is 4.98 Å². The number of para-hydroxylation sites is 1. The summed E-state index contributed by atoms with van der Waals surface area (Å²) in [6.07, 6.45) is 4.11. The van der Waals surface area contributed by atoms with Crippen molar-refractivity contribution >= 4 is 5.65 Å². The molecule has 25 heavy (non-hydrogen) atoms. The molecule has 0 saturated carbocycles. The van der Waals surface area contributed by atoms with Gasteiger partial charge in [-0.05, 0) is 24.6 Å². The van der Waals surface area contributed by atoms with E-state index in [9.17, 15) is 0 Å². The van der Waals surface area contributed by atoms with Crippen LogP contribution in [-0.4, -0.2) is 41.0 Å². The molecule has 0 radical (unpaired) electrons. The summed E-state index contributed by atoms with van der Waals surface area (Å²) >= 11 is 0. The first-order valence-corrected chi connectivity index (χ1v) is 8.77. The van der Waals surface area contributed by atoms with Crippen molar-refractivity contribution in [2.24, 2.45) is 0 Å². The zero-order valence-electron chi connectivity index (χ0n) is 14.8. The molecule has 130 valence electrons. The van der Waals surface area contributed by atoms with Gasteiger partial charge in [0.1, 0.15) is 11.4 Å². The van der Waals surface area contributed by atoms with Crippen molar-refractivity contribution in [3.63, 3.8) is 0 Å². The van der Waals surface area contributed by atoms with Gasteiger partial charge in [0.05, 0.1) is 25.0 Å². The van der Waals surface area contributed by atoms with Gasteiger partial charge in [-0.2, -0.15) is 0 Å². The number of ether oxygens (including phenoxy) is 1. The standard InChI is InChI=1S/C20H24N4O/c1-15-6-5-10-24-16(12-22-20(15)24)14-23-11-9-21-13-18(23)17-7-3-4-8-19(17)25-2/h3-8,10,12,18,21H,9,11,13-14H2,1-2H3. The van der Waals surface area contributed by atoms with E-state index in [2.05, 4.69) is 57.0 Å². The molecule has 1 fully saturated rings. The normalized spacial score (nSPS) is 18.6. The number of methoxy groups -OCH3 is 1. The number of imidazole rings is 1. The lowest BCUT2D eigenvalue weighted by Crippen LogP contribution is -2.45. The van der Waals surface area contributed by atoms with E-state index < -0.39 is 0 Å². The van der Waals surface area contributed by atoms with Gasteiger partial charge in [-0.1, -0.05) is 24.3 Å². The van der Waals surface area contributed by atoms with Crippen molar-refractivity contribution < 1.29 is 4.74 Å². The number of aromatic nitrogens is 2. The third-order valence-electron chi connectivity index (χ3n) is 5.02. The van der Waals surface area contributed by atoms with Crippen LogP contribution < -0.4 is 10.1 Å². The molecule has 0 bridgehead atoms. The number of nitrogens with zero attached hydrogens (tertiary/aromatic N) is 3. The molecular weight excluding hydrogens is 312 g/mol. The van der Waals surface area contributed by atoms with Crippen LogP contribution in [0.5, 0.6) is 5.75 Å². The summed E-state index contributed by atoms with van der Waals surface area (Å²) in [4.78, 5) is 7.13. The molecule has 5 nitrogen and oxygen atoms in total. The predicted molar refractivity (Wildman–Crippen MR) is 98.9 cm³/mol. The van der Waals surface area contributed by atoms with E-state index in [1.165, 1.54) is 16.8 Å². The van der Waals surface area contributed by atoms with Gasteiger partial charge in [0, 0.05) is 37.9 Å². The van der Waals surface area contributed by atoms with Gasteiger partial charge in [-0.15, -0.1) is 0 Å². The monoisotopic (exact) mass is 336 g/mol. The van der Waals surface area contributed by atoms with E-state index in [0.29, 0.717) is 6.04 Å². The SMILES string of the molecule is COc1ccccc1C1CNCCN1Cc1cnc2c(C)cccn12. The molecule has 1 unspecified atom stereocenters. The van der Waals surface area contributed by atoms with Crippen LogP contribution in [0.15, 0.2) is 48.8 Å². The maximum Gasteiger partial charge on any atom is 0.139 e. The van der Waals surface area contributed by atoms with Crippen LogP contribution in [0.2, 0.25) is 0 Å². The lowest BCUT2D eigenvalue weighted by atomic mass is 10.0. The van der Waals surface area contributed by atoms with Gasteiger partial charge in [0.15, 0.2) is 0 Å². The van der Waals surface area contributed by atoms with E-state index in [0.717, 1.165) is 37.6 Å². The minimum absolute atomic E-state index is 0.292. The van der Waals surface area contributed by atoms with E-state index in [1.807, 2.05) is 18.3 Å². The Bertz CT molecular complexity index is 873. The molecule has 4 rings (SSSR count). The van der Waals surface area contributed by atoms with Crippen LogP contribution in [0.25, 0.3) is 5.65 Å². The van der Waals surface area contributed by atoms with Crippen LogP contribution in [0.1, 0.15) is 22.9 Å². The number of rotatable bonds is 4. The molecule has 3 heterocycles. The lowest BCUT2D eigenvalue weighted by molar-refractivity contribution is 0.149. The topological polar surface area (TPSA) is 41.8 Å². The van der Waals surface area contributed by atoms with Crippen LogP contribution in [0.3, 0.4) is 0 Å². The molecule has 5 heteroatoms. The summed E-state index contributed by atoms with van der Waals surface area (Å²) in [6, 6.07) is 12.8. The smallest absolute Gasteiger partial charge is 0.139 e. The van der Waals surface area contributed by atoms with Crippen LogP contribution in [0, 0.1) is 6.92 Å². The first kappa shape index (κ1) is 16.1. The highest BCUT2D eigenvalue weighted by atomic mass is 16.5. The second-order valence-corrected chi connectivity index (χ2v) is 6.57. The molecule has 1 aromatic carbocycles. The summed E-state index contributed by atoms with van der Waals surface area (Å²) in [6.45, 7) is 5.91. The predicted octanol–water partition coefficient (Wildman–Crippen LogP) is 2.80. The third-order valence-corrected chi connectivity index (χ3v) is 5.02. The maximum atomic E-state index is 5.60. The van der Waals surface area contributed by atoms with Gasteiger partial charge < -0.3 is 14.5 Å². The van der Waals surface area contributed by atoms with Crippen molar-refractivity contribution in [1.82, 2.24) is 19.6 Å². The summed E-state index contributed by atoms with van der Waals surface area (Å²) in [5.41, 5.74) is 4.71. The number of hydrogen-bond acceptors (Lipinski definition) is 4. The number of nitrogens with one attached hydrogen (secondary N) is 1. The number of aryl methyl sites for hydroxylation is 1. The van der Waals surface area contributed by atoms with Crippen molar-refractivity contribution in [3.05, 3.63) is 65.6 Å². The number of pyridine rings is 1. The van der Waals surface area contributed by atoms with E-state index >= 15 is 0 Å². The zero-order valence-corrected chi connectivity index (χ0v) is 14.8. The molecule has 1 saturated heterocycles. The average Bonchev–Trinajstić information content (AvgIpc) is 3.06. The van der Waals surface area contributed by atoms with E-state index in [1.54, 1.807) is 7.11 Å². The molecule has 1 aliphatic heterocycles.